The summed E-state index contributed by atoms with van der Waals surface area (Å²) < 4.78 is 2.38. The van der Waals surface area contributed by atoms with Crippen LogP contribution in [-0.2, 0) is 0 Å². The predicted octanol–water partition coefficient (Wildman–Crippen LogP) is 3.24. The molecule has 0 bridgehead atoms. The van der Waals surface area contributed by atoms with Crippen LogP contribution in [-0.4, -0.2) is 19.3 Å². The third-order valence-corrected chi connectivity index (χ3v) is 4.65. The molecule has 0 aliphatic heterocycles. The Labute approximate surface area is 156 Å². The molecule has 26 heavy (non-hydrogen) atoms. The minimum atomic E-state index is -0.576. The maximum absolute atomic E-state index is 13.2. The third-order valence-electron chi connectivity index (χ3n) is 3.91. The maximum Gasteiger partial charge on any atom is 0.342 e. The molecular weight excluding hydrogens is 375 g/mol. The van der Waals surface area contributed by atoms with E-state index in [4.69, 9.17) is 23.2 Å². The van der Waals surface area contributed by atoms with Crippen LogP contribution in [0.25, 0.3) is 22.4 Å². The average Bonchev–Trinajstić information content (AvgIpc) is 2.66. The Bertz CT molecular complexity index is 1250. The zero-order chi connectivity index (χ0) is 18.3. The number of aromatic nitrogens is 4. The summed E-state index contributed by atoms with van der Waals surface area (Å²) in [6.07, 6.45) is 1.47. The van der Waals surface area contributed by atoms with Gasteiger partial charge in [-0.15, -0.1) is 5.10 Å². The van der Waals surface area contributed by atoms with Crippen LogP contribution in [0.15, 0.2) is 70.4 Å². The van der Waals surface area contributed by atoms with Crippen molar-refractivity contribution in [1.29, 1.82) is 0 Å². The zero-order valence-corrected chi connectivity index (χ0v) is 14.6. The van der Waals surface area contributed by atoms with Crippen molar-refractivity contribution in [2.45, 2.75) is 0 Å². The lowest BCUT2D eigenvalue weighted by Gasteiger charge is -2.14. The van der Waals surface area contributed by atoms with Crippen molar-refractivity contribution in [2.75, 3.05) is 0 Å². The van der Waals surface area contributed by atoms with Crippen molar-refractivity contribution in [2.24, 2.45) is 0 Å². The summed E-state index contributed by atoms with van der Waals surface area (Å²) in [5.74, 6) is 0.141. The molecule has 0 amide bonds. The van der Waals surface area contributed by atoms with Crippen LogP contribution in [0.2, 0.25) is 10.0 Å². The normalized spacial score (nSPS) is 11.0. The molecule has 0 aliphatic carbocycles. The monoisotopic (exact) mass is 384 g/mol. The average molecular weight is 385 g/mol. The second-order valence-corrected chi connectivity index (χ2v) is 6.27. The van der Waals surface area contributed by atoms with Crippen LogP contribution in [0.5, 0.6) is 0 Å². The summed E-state index contributed by atoms with van der Waals surface area (Å²) >= 11 is 12.1. The molecule has 0 spiro atoms. The highest BCUT2D eigenvalue weighted by Crippen LogP contribution is 2.25. The van der Waals surface area contributed by atoms with Crippen LogP contribution in [0.3, 0.4) is 0 Å². The minimum absolute atomic E-state index is 0.141. The summed E-state index contributed by atoms with van der Waals surface area (Å²) in [6, 6.07) is 14.8. The van der Waals surface area contributed by atoms with E-state index in [1.165, 1.54) is 10.8 Å². The number of benzene rings is 2. The van der Waals surface area contributed by atoms with Gasteiger partial charge in [0.1, 0.15) is 0 Å². The van der Waals surface area contributed by atoms with Gasteiger partial charge < -0.3 is 0 Å². The van der Waals surface area contributed by atoms with Gasteiger partial charge in [-0.2, -0.15) is 5.10 Å². The predicted molar refractivity (Wildman–Crippen MR) is 101 cm³/mol. The second-order valence-electron chi connectivity index (χ2n) is 5.46. The van der Waals surface area contributed by atoms with Crippen molar-refractivity contribution in [3.63, 3.8) is 0 Å². The Morgan fingerprint density at radius 2 is 1.65 bits per heavy atom. The van der Waals surface area contributed by atoms with Crippen molar-refractivity contribution < 1.29 is 0 Å². The molecule has 2 heterocycles. The van der Waals surface area contributed by atoms with Crippen LogP contribution >= 0.6 is 23.2 Å². The van der Waals surface area contributed by atoms with E-state index in [-0.39, 0.29) is 5.82 Å². The van der Waals surface area contributed by atoms with Gasteiger partial charge in [0.05, 0.1) is 26.6 Å². The molecule has 0 radical (unpaired) electrons. The minimum Gasteiger partial charge on any atom is -0.268 e. The molecule has 0 atom stereocenters. The van der Waals surface area contributed by atoms with E-state index in [1.807, 2.05) is 0 Å². The SMILES string of the molecule is O=c1c2ccccc2n(-c2ccc(Cl)c(Cl)c2)c(=O)n1-c1cccnn1. The van der Waals surface area contributed by atoms with Gasteiger partial charge in [-0.05, 0) is 42.5 Å². The Kier molecular flexibility index (Phi) is 4.06. The third kappa shape index (κ3) is 2.60. The number of hydrogen-bond donors (Lipinski definition) is 0. The van der Waals surface area contributed by atoms with Crippen LogP contribution in [0.4, 0.5) is 0 Å². The van der Waals surface area contributed by atoms with Crippen molar-refractivity contribution in [3.8, 4) is 11.5 Å². The van der Waals surface area contributed by atoms with E-state index >= 15 is 0 Å². The van der Waals surface area contributed by atoms with Gasteiger partial charge in [0.2, 0.25) is 0 Å². The largest absolute Gasteiger partial charge is 0.342 e. The van der Waals surface area contributed by atoms with Gasteiger partial charge in [0.15, 0.2) is 5.82 Å². The van der Waals surface area contributed by atoms with E-state index in [0.717, 1.165) is 4.57 Å². The van der Waals surface area contributed by atoms with Gasteiger partial charge in [-0.25, -0.2) is 9.36 Å². The first kappa shape index (κ1) is 16.5. The first-order valence-electron chi connectivity index (χ1n) is 7.58. The summed E-state index contributed by atoms with van der Waals surface area (Å²) in [7, 11) is 0. The number of rotatable bonds is 2. The smallest absolute Gasteiger partial charge is 0.268 e. The Morgan fingerprint density at radius 1 is 0.846 bits per heavy atom. The highest BCUT2D eigenvalue weighted by Gasteiger charge is 2.16. The number of nitrogens with zero attached hydrogens (tertiary/aromatic N) is 4. The molecule has 0 N–H and O–H groups in total. The molecule has 4 rings (SSSR count). The Balaban J connectivity index is 2.18. The maximum atomic E-state index is 13.2. The fourth-order valence-corrected chi connectivity index (χ4v) is 3.04. The molecule has 128 valence electrons. The second kappa shape index (κ2) is 6.40. The summed E-state index contributed by atoms with van der Waals surface area (Å²) in [4.78, 5) is 26.1. The van der Waals surface area contributed by atoms with Gasteiger partial charge in [0.25, 0.3) is 5.56 Å². The molecule has 0 unspecified atom stereocenters. The quantitative estimate of drug-likeness (QED) is 0.531. The van der Waals surface area contributed by atoms with Gasteiger partial charge in [-0.1, -0.05) is 35.3 Å². The Hall–Kier alpha value is -2.96. The van der Waals surface area contributed by atoms with Crippen molar-refractivity contribution in [1.82, 2.24) is 19.3 Å². The number of para-hydroxylation sites is 1. The van der Waals surface area contributed by atoms with E-state index in [2.05, 4.69) is 10.2 Å². The molecule has 0 fully saturated rings. The standard InChI is InChI=1S/C18H10Cl2N4O2/c19-13-8-7-11(10-14(13)20)23-15-5-2-1-4-12(15)17(25)24(18(23)26)16-6-3-9-21-22-16/h1-10H. The molecule has 2 aromatic carbocycles. The highest BCUT2D eigenvalue weighted by atomic mass is 35.5. The van der Waals surface area contributed by atoms with Gasteiger partial charge in [-0.3, -0.25) is 9.36 Å². The van der Waals surface area contributed by atoms with Gasteiger partial charge >= 0.3 is 5.69 Å². The van der Waals surface area contributed by atoms with Crippen molar-refractivity contribution >= 4 is 34.1 Å². The van der Waals surface area contributed by atoms with Crippen LogP contribution in [0.1, 0.15) is 0 Å². The van der Waals surface area contributed by atoms with E-state index < -0.39 is 11.2 Å². The first-order chi connectivity index (χ1) is 12.6. The van der Waals surface area contributed by atoms with E-state index in [0.29, 0.717) is 26.6 Å². The first-order valence-corrected chi connectivity index (χ1v) is 8.34. The number of fused-ring (bicyclic) bond motifs is 1. The zero-order valence-electron chi connectivity index (χ0n) is 13.1. The lowest BCUT2D eigenvalue weighted by Crippen LogP contribution is -2.38. The molecule has 4 aromatic rings. The molecular formula is C18H10Cl2N4O2. The summed E-state index contributed by atoms with van der Waals surface area (Å²) in [5, 5.41) is 8.69. The lowest BCUT2D eigenvalue weighted by molar-refractivity contribution is 0.793. The van der Waals surface area contributed by atoms with E-state index in [9.17, 15) is 9.59 Å². The van der Waals surface area contributed by atoms with Crippen LogP contribution in [0, 0.1) is 0 Å². The van der Waals surface area contributed by atoms with Crippen molar-refractivity contribution in [3.05, 3.63) is 91.7 Å². The summed E-state index contributed by atoms with van der Waals surface area (Å²) in [6.45, 7) is 0. The molecule has 2 aromatic heterocycles. The molecule has 0 aliphatic rings. The van der Waals surface area contributed by atoms with Gasteiger partial charge in [0, 0.05) is 6.20 Å². The van der Waals surface area contributed by atoms with Crippen LogP contribution < -0.4 is 11.2 Å². The number of halogens is 2. The fourth-order valence-electron chi connectivity index (χ4n) is 2.75. The molecule has 8 heteroatoms. The molecule has 0 saturated heterocycles. The Morgan fingerprint density at radius 3 is 2.38 bits per heavy atom. The topological polar surface area (TPSA) is 69.8 Å². The molecule has 0 saturated carbocycles. The highest BCUT2D eigenvalue weighted by molar-refractivity contribution is 6.42. The summed E-state index contributed by atoms with van der Waals surface area (Å²) in [5.41, 5.74) is -0.103. The fraction of sp³-hybridized carbons (Fsp3) is 0. The molecule has 6 nitrogen and oxygen atoms in total. The van der Waals surface area contributed by atoms with E-state index in [1.54, 1.807) is 54.6 Å². The number of hydrogen-bond acceptors (Lipinski definition) is 4. The lowest BCUT2D eigenvalue weighted by atomic mass is 10.2.